The Morgan fingerprint density at radius 2 is 1.68 bits per heavy atom. The molecule has 0 bridgehead atoms. The molecule has 6 heteroatoms. The van der Waals surface area contributed by atoms with Gasteiger partial charge >= 0.3 is 6.18 Å². The molecule has 0 aromatic rings. The van der Waals surface area contributed by atoms with Crippen LogP contribution in [-0.2, 0) is 4.74 Å². The van der Waals surface area contributed by atoms with Gasteiger partial charge in [0.2, 0.25) is 0 Å². The van der Waals surface area contributed by atoms with Gasteiger partial charge in [-0.3, -0.25) is 0 Å². The summed E-state index contributed by atoms with van der Waals surface area (Å²) in [5.74, 6) is -1.14. The second-order valence-electron chi connectivity index (χ2n) is 5.81. The Kier molecular flexibility index (Phi) is 4.74. The first-order valence-electron chi connectivity index (χ1n) is 6.99. The number of alkyl halides is 3. The molecule has 1 heterocycles. The molecule has 0 unspecified atom stereocenters. The zero-order chi connectivity index (χ0) is 13.9. The van der Waals surface area contributed by atoms with Gasteiger partial charge in [0.05, 0.1) is 11.5 Å². The van der Waals surface area contributed by atoms with Crippen LogP contribution < -0.4 is 5.32 Å². The number of hydrogen-bond acceptors (Lipinski definition) is 3. The summed E-state index contributed by atoms with van der Waals surface area (Å²) >= 11 is 0. The minimum Gasteiger partial charge on any atom is -0.388 e. The Balaban J connectivity index is 1.71. The van der Waals surface area contributed by atoms with Crippen LogP contribution in [0, 0.1) is 5.92 Å². The van der Waals surface area contributed by atoms with Crippen LogP contribution in [0.15, 0.2) is 0 Å². The summed E-state index contributed by atoms with van der Waals surface area (Å²) in [4.78, 5) is 0. The number of nitrogens with one attached hydrogen (secondary N) is 1. The predicted octanol–water partition coefficient (Wildman–Crippen LogP) is 2.24. The van der Waals surface area contributed by atoms with Gasteiger partial charge in [-0.05, 0) is 25.7 Å². The molecular formula is C13H22F3NO2. The SMILES string of the molecule is OC1(CNC2CCC(C(F)(F)F)CC2)CCOCC1. The number of hydrogen-bond donors (Lipinski definition) is 2. The third-order valence-corrected chi connectivity index (χ3v) is 4.33. The van der Waals surface area contributed by atoms with E-state index in [2.05, 4.69) is 5.32 Å². The molecule has 0 aromatic carbocycles. The number of ether oxygens (including phenoxy) is 1. The first kappa shape index (κ1) is 15.1. The molecule has 0 aromatic heterocycles. The van der Waals surface area contributed by atoms with Crippen molar-refractivity contribution in [3.63, 3.8) is 0 Å². The lowest BCUT2D eigenvalue weighted by Gasteiger charge is -2.36. The van der Waals surface area contributed by atoms with Gasteiger partial charge in [0.1, 0.15) is 0 Å². The fraction of sp³-hybridized carbons (Fsp3) is 1.00. The first-order valence-corrected chi connectivity index (χ1v) is 6.99. The molecule has 0 spiro atoms. The van der Waals surface area contributed by atoms with Crippen LogP contribution in [0.1, 0.15) is 38.5 Å². The molecule has 1 saturated heterocycles. The summed E-state index contributed by atoms with van der Waals surface area (Å²) in [6, 6.07) is 0.102. The van der Waals surface area contributed by atoms with Crippen LogP contribution >= 0.6 is 0 Å². The maximum atomic E-state index is 12.5. The van der Waals surface area contributed by atoms with Crippen LogP contribution in [0.3, 0.4) is 0 Å². The van der Waals surface area contributed by atoms with Crippen LogP contribution in [0.5, 0.6) is 0 Å². The smallest absolute Gasteiger partial charge is 0.388 e. The monoisotopic (exact) mass is 281 g/mol. The van der Waals surface area contributed by atoms with Crippen molar-refractivity contribution in [3.8, 4) is 0 Å². The van der Waals surface area contributed by atoms with Crippen LogP contribution in [0.2, 0.25) is 0 Å². The average Bonchev–Trinajstić information content (AvgIpc) is 2.37. The minimum absolute atomic E-state index is 0.102. The van der Waals surface area contributed by atoms with Crippen molar-refractivity contribution in [3.05, 3.63) is 0 Å². The third kappa shape index (κ3) is 4.33. The summed E-state index contributed by atoms with van der Waals surface area (Å²) in [6.45, 7) is 1.57. The summed E-state index contributed by atoms with van der Waals surface area (Å²) in [5, 5.41) is 13.5. The summed E-state index contributed by atoms with van der Waals surface area (Å²) in [6.07, 6.45) is -1.39. The van der Waals surface area contributed by atoms with Crippen molar-refractivity contribution in [2.45, 2.75) is 56.3 Å². The normalized spacial score (nSPS) is 32.2. The molecule has 2 N–H and O–H groups in total. The Labute approximate surface area is 111 Å². The zero-order valence-electron chi connectivity index (χ0n) is 11.0. The minimum atomic E-state index is -4.05. The molecular weight excluding hydrogens is 259 g/mol. The van der Waals surface area contributed by atoms with E-state index in [4.69, 9.17) is 4.74 Å². The van der Waals surface area contributed by atoms with Gasteiger partial charge < -0.3 is 15.2 Å². The number of rotatable bonds is 3. The zero-order valence-corrected chi connectivity index (χ0v) is 11.0. The maximum absolute atomic E-state index is 12.5. The highest BCUT2D eigenvalue weighted by Crippen LogP contribution is 2.37. The molecule has 2 fully saturated rings. The van der Waals surface area contributed by atoms with Crippen LogP contribution in [0.4, 0.5) is 13.2 Å². The summed E-state index contributed by atoms with van der Waals surface area (Å²) in [7, 11) is 0. The standard InChI is InChI=1S/C13H22F3NO2/c14-13(15,16)10-1-3-11(4-2-10)17-9-12(18)5-7-19-8-6-12/h10-11,17-18H,1-9H2. The Morgan fingerprint density at radius 3 is 2.21 bits per heavy atom. The van der Waals surface area contributed by atoms with Crippen molar-refractivity contribution in [2.24, 2.45) is 5.92 Å². The highest BCUT2D eigenvalue weighted by atomic mass is 19.4. The van der Waals surface area contributed by atoms with Gasteiger partial charge in [0, 0.05) is 38.6 Å². The molecule has 1 saturated carbocycles. The van der Waals surface area contributed by atoms with Gasteiger partial charge in [0.25, 0.3) is 0 Å². The van der Waals surface area contributed by atoms with Gasteiger partial charge in [-0.15, -0.1) is 0 Å². The lowest BCUT2D eigenvalue weighted by molar-refractivity contribution is -0.183. The maximum Gasteiger partial charge on any atom is 0.391 e. The van der Waals surface area contributed by atoms with Crippen LogP contribution in [0.25, 0.3) is 0 Å². The largest absolute Gasteiger partial charge is 0.391 e. The molecule has 3 nitrogen and oxygen atoms in total. The molecule has 2 aliphatic rings. The molecule has 19 heavy (non-hydrogen) atoms. The molecule has 1 aliphatic carbocycles. The Morgan fingerprint density at radius 1 is 1.11 bits per heavy atom. The van der Waals surface area contributed by atoms with Crippen molar-refractivity contribution in [1.82, 2.24) is 5.32 Å². The van der Waals surface area contributed by atoms with Gasteiger partial charge in [-0.25, -0.2) is 0 Å². The molecule has 0 amide bonds. The first-order chi connectivity index (χ1) is 8.89. The van der Waals surface area contributed by atoms with E-state index < -0.39 is 17.7 Å². The molecule has 0 atom stereocenters. The fourth-order valence-corrected chi connectivity index (χ4v) is 2.89. The van der Waals surface area contributed by atoms with E-state index in [0.717, 1.165) is 0 Å². The van der Waals surface area contributed by atoms with Crippen molar-refractivity contribution >= 4 is 0 Å². The van der Waals surface area contributed by atoms with Crippen molar-refractivity contribution < 1.29 is 23.0 Å². The molecule has 1 aliphatic heterocycles. The Hall–Kier alpha value is -0.330. The summed E-state index contributed by atoms with van der Waals surface area (Å²) in [5.41, 5.74) is -0.751. The van der Waals surface area contributed by atoms with E-state index in [0.29, 0.717) is 45.4 Å². The predicted molar refractivity (Wildman–Crippen MR) is 64.8 cm³/mol. The van der Waals surface area contributed by atoms with Crippen molar-refractivity contribution in [1.29, 1.82) is 0 Å². The highest BCUT2D eigenvalue weighted by Gasteiger charge is 2.41. The fourth-order valence-electron chi connectivity index (χ4n) is 2.89. The summed E-state index contributed by atoms with van der Waals surface area (Å²) < 4.78 is 42.8. The van der Waals surface area contributed by atoms with E-state index in [1.807, 2.05) is 0 Å². The lowest BCUT2D eigenvalue weighted by atomic mass is 9.85. The Bertz CT molecular complexity index is 282. The second-order valence-corrected chi connectivity index (χ2v) is 5.81. The quantitative estimate of drug-likeness (QED) is 0.833. The lowest BCUT2D eigenvalue weighted by Crippen LogP contribution is -2.48. The third-order valence-electron chi connectivity index (χ3n) is 4.33. The van der Waals surface area contributed by atoms with Crippen LogP contribution in [-0.4, -0.2) is 42.7 Å². The second kappa shape index (κ2) is 5.97. The van der Waals surface area contributed by atoms with Crippen molar-refractivity contribution in [2.75, 3.05) is 19.8 Å². The van der Waals surface area contributed by atoms with E-state index in [1.54, 1.807) is 0 Å². The highest BCUT2D eigenvalue weighted by molar-refractivity contribution is 4.87. The molecule has 0 radical (unpaired) electrons. The number of halogens is 3. The van der Waals surface area contributed by atoms with E-state index in [9.17, 15) is 18.3 Å². The molecule has 2 rings (SSSR count). The topological polar surface area (TPSA) is 41.5 Å². The van der Waals surface area contributed by atoms with E-state index in [1.165, 1.54) is 0 Å². The number of aliphatic hydroxyl groups is 1. The van der Waals surface area contributed by atoms with Gasteiger partial charge in [-0.2, -0.15) is 13.2 Å². The van der Waals surface area contributed by atoms with E-state index in [-0.39, 0.29) is 18.9 Å². The average molecular weight is 281 g/mol. The van der Waals surface area contributed by atoms with E-state index >= 15 is 0 Å². The van der Waals surface area contributed by atoms with Gasteiger partial charge in [-0.1, -0.05) is 0 Å². The van der Waals surface area contributed by atoms with Gasteiger partial charge in [0.15, 0.2) is 0 Å². The molecule has 112 valence electrons.